The molecule has 3 aromatic carbocycles. The van der Waals surface area contributed by atoms with Gasteiger partial charge in [0.2, 0.25) is 10.0 Å². The van der Waals surface area contributed by atoms with Gasteiger partial charge in [-0.15, -0.1) is 0 Å². The highest BCUT2D eigenvalue weighted by atomic mass is 32.2. The maximum atomic E-state index is 12.9. The summed E-state index contributed by atoms with van der Waals surface area (Å²) in [5.74, 6) is -0.713. The van der Waals surface area contributed by atoms with Crippen LogP contribution in [0.15, 0.2) is 88.7 Å². The molecule has 0 spiro atoms. The van der Waals surface area contributed by atoms with E-state index < -0.39 is 25.8 Å². The Morgan fingerprint density at radius 1 is 0.844 bits per heavy atom. The predicted molar refractivity (Wildman–Crippen MR) is 124 cm³/mol. The van der Waals surface area contributed by atoms with Crippen LogP contribution in [0.5, 0.6) is 0 Å². The summed E-state index contributed by atoms with van der Waals surface area (Å²) in [4.78, 5) is 12.7. The highest BCUT2D eigenvalue weighted by Crippen LogP contribution is 2.22. The average molecular weight is 473 g/mol. The van der Waals surface area contributed by atoms with E-state index >= 15 is 0 Å². The summed E-state index contributed by atoms with van der Waals surface area (Å²) in [5.41, 5.74) is 1.25. The quantitative estimate of drug-likeness (QED) is 0.540. The van der Waals surface area contributed by atoms with Crippen molar-refractivity contribution in [2.24, 2.45) is 0 Å². The van der Waals surface area contributed by atoms with Crippen molar-refractivity contribution in [3.8, 4) is 0 Å². The Hall–Kier alpha value is -3.01. The maximum Gasteiger partial charge on any atom is 0.256 e. The molecule has 1 amide bonds. The van der Waals surface area contributed by atoms with Crippen LogP contribution in [0.4, 0.5) is 5.69 Å². The number of anilines is 1. The van der Waals surface area contributed by atoms with Crippen molar-refractivity contribution >= 4 is 31.5 Å². The fourth-order valence-electron chi connectivity index (χ4n) is 3.10. The van der Waals surface area contributed by atoms with E-state index in [1.54, 1.807) is 12.1 Å². The van der Waals surface area contributed by atoms with Crippen molar-refractivity contribution < 1.29 is 21.6 Å². The number of sulfonamides is 1. The summed E-state index contributed by atoms with van der Waals surface area (Å²) >= 11 is 0. The Kier molecular flexibility index (Phi) is 7.12. The highest BCUT2D eigenvalue weighted by Gasteiger charge is 2.22. The van der Waals surface area contributed by atoms with Crippen molar-refractivity contribution in [3.63, 3.8) is 0 Å². The zero-order valence-electron chi connectivity index (χ0n) is 17.7. The summed E-state index contributed by atoms with van der Waals surface area (Å²) in [7, 11) is -5.79. The minimum Gasteiger partial charge on any atom is -0.322 e. The molecule has 168 valence electrons. The molecule has 7 nitrogen and oxygen atoms in total. The van der Waals surface area contributed by atoms with E-state index in [9.17, 15) is 21.6 Å². The van der Waals surface area contributed by atoms with Crippen molar-refractivity contribution in [2.45, 2.75) is 23.3 Å². The number of benzene rings is 3. The number of hydrogen-bond acceptors (Lipinski definition) is 5. The van der Waals surface area contributed by atoms with Gasteiger partial charge in [0.1, 0.15) is 0 Å². The van der Waals surface area contributed by atoms with Crippen LogP contribution in [-0.2, 0) is 26.4 Å². The van der Waals surface area contributed by atoms with E-state index in [0.717, 1.165) is 5.56 Å². The first-order valence-electron chi connectivity index (χ1n) is 9.88. The number of nitrogens with one attached hydrogen (secondary N) is 1. The fraction of sp³-hybridized carbons (Fsp3) is 0.174. The van der Waals surface area contributed by atoms with Gasteiger partial charge in [-0.3, -0.25) is 4.79 Å². The Labute approximate surface area is 188 Å². The molecular formula is C23H24N2O5S2. The van der Waals surface area contributed by atoms with Gasteiger partial charge in [-0.2, -0.15) is 4.31 Å². The Morgan fingerprint density at radius 2 is 1.44 bits per heavy atom. The molecule has 0 atom stereocenters. The first-order valence-corrected chi connectivity index (χ1v) is 13.0. The molecule has 0 saturated heterocycles. The normalized spacial score (nSPS) is 12.0. The van der Waals surface area contributed by atoms with E-state index in [1.807, 2.05) is 30.3 Å². The zero-order valence-corrected chi connectivity index (χ0v) is 19.4. The van der Waals surface area contributed by atoms with Gasteiger partial charge >= 0.3 is 0 Å². The molecule has 0 unspecified atom stereocenters. The SMILES string of the molecule is CCS(=O)(=O)c1ccccc1C(=O)Nc1ccc(S(=O)(=O)N(C)Cc2ccccc2)cc1. The van der Waals surface area contributed by atoms with Crippen LogP contribution in [0, 0.1) is 0 Å². The number of sulfone groups is 1. The van der Waals surface area contributed by atoms with Crippen LogP contribution in [0.3, 0.4) is 0 Å². The minimum atomic E-state index is -3.72. The van der Waals surface area contributed by atoms with Crippen LogP contribution < -0.4 is 5.32 Å². The first kappa shape index (κ1) is 23.6. The average Bonchev–Trinajstić information content (AvgIpc) is 2.80. The lowest BCUT2D eigenvalue weighted by Crippen LogP contribution is -2.26. The van der Waals surface area contributed by atoms with Gasteiger partial charge in [-0.1, -0.05) is 49.4 Å². The molecule has 0 heterocycles. The molecule has 0 fully saturated rings. The van der Waals surface area contributed by atoms with Gasteiger partial charge in [0.25, 0.3) is 5.91 Å². The monoisotopic (exact) mass is 472 g/mol. The topological polar surface area (TPSA) is 101 Å². The minimum absolute atomic E-state index is 0.0358. The lowest BCUT2D eigenvalue weighted by Gasteiger charge is -2.17. The molecule has 0 radical (unpaired) electrons. The molecular weight excluding hydrogens is 448 g/mol. The predicted octanol–water partition coefficient (Wildman–Crippen LogP) is 3.55. The molecule has 9 heteroatoms. The smallest absolute Gasteiger partial charge is 0.256 e. The van der Waals surface area contributed by atoms with Gasteiger partial charge in [-0.25, -0.2) is 16.8 Å². The molecule has 3 rings (SSSR count). The Balaban J connectivity index is 1.77. The zero-order chi connectivity index (χ0) is 23.4. The van der Waals surface area contributed by atoms with Crippen molar-refractivity contribution in [3.05, 3.63) is 90.0 Å². The second-order valence-corrected chi connectivity index (χ2v) is 11.4. The second kappa shape index (κ2) is 9.64. The molecule has 32 heavy (non-hydrogen) atoms. The number of carbonyl (C=O) groups excluding carboxylic acids is 1. The van der Waals surface area contributed by atoms with E-state index in [-0.39, 0.29) is 27.7 Å². The van der Waals surface area contributed by atoms with Crippen LogP contribution in [-0.4, -0.2) is 39.8 Å². The van der Waals surface area contributed by atoms with E-state index in [1.165, 1.54) is 54.7 Å². The molecule has 0 aliphatic carbocycles. The molecule has 0 aliphatic rings. The van der Waals surface area contributed by atoms with Crippen LogP contribution in [0.2, 0.25) is 0 Å². The molecule has 0 aliphatic heterocycles. The standard InChI is InChI=1S/C23H24N2O5S2/c1-3-31(27,28)22-12-8-7-11-21(22)23(26)24-19-13-15-20(16-14-19)32(29,30)25(2)17-18-9-5-4-6-10-18/h4-16H,3,17H2,1-2H3,(H,24,26). The van der Waals surface area contributed by atoms with Gasteiger partial charge in [0.05, 0.1) is 21.1 Å². The summed E-state index contributed by atoms with van der Waals surface area (Å²) in [5, 5.41) is 2.63. The van der Waals surface area contributed by atoms with Crippen molar-refractivity contribution in [2.75, 3.05) is 18.1 Å². The lowest BCUT2D eigenvalue weighted by atomic mass is 10.2. The maximum absolute atomic E-state index is 12.9. The van der Waals surface area contributed by atoms with E-state index in [4.69, 9.17) is 0 Å². The first-order chi connectivity index (χ1) is 15.1. The van der Waals surface area contributed by atoms with Gasteiger partial charge in [0, 0.05) is 19.3 Å². The number of nitrogens with zero attached hydrogens (tertiary/aromatic N) is 1. The van der Waals surface area contributed by atoms with E-state index in [0.29, 0.717) is 5.69 Å². The number of amides is 1. The van der Waals surface area contributed by atoms with Gasteiger partial charge in [-0.05, 0) is 42.0 Å². The van der Waals surface area contributed by atoms with Crippen LogP contribution >= 0.6 is 0 Å². The van der Waals surface area contributed by atoms with E-state index in [2.05, 4.69) is 5.32 Å². The third-order valence-corrected chi connectivity index (χ3v) is 8.52. The molecule has 3 aromatic rings. The van der Waals surface area contributed by atoms with Crippen molar-refractivity contribution in [1.82, 2.24) is 4.31 Å². The molecule has 1 N–H and O–H groups in total. The number of hydrogen-bond donors (Lipinski definition) is 1. The summed E-state index contributed by atoms with van der Waals surface area (Å²) < 4.78 is 51.5. The van der Waals surface area contributed by atoms with Gasteiger partial charge in [0.15, 0.2) is 9.84 Å². The molecule has 0 aromatic heterocycles. The Bertz CT molecular complexity index is 1300. The second-order valence-electron chi connectivity index (χ2n) is 7.12. The number of rotatable bonds is 8. The van der Waals surface area contributed by atoms with Crippen molar-refractivity contribution in [1.29, 1.82) is 0 Å². The molecule has 0 saturated carbocycles. The molecule has 0 bridgehead atoms. The van der Waals surface area contributed by atoms with Gasteiger partial charge < -0.3 is 5.32 Å². The van der Waals surface area contributed by atoms with Crippen LogP contribution in [0.1, 0.15) is 22.8 Å². The number of carbonyl (C=O) groups is 1. The third-order valence-electron chi connectivity index (χ3n) is 4.92. The fourth-order valence-corrected chi connectivity index (χ4v) is 5.35. The lowest BCUT2D eigenvalue weighted by molar-refractivity contribution is 0.102. The van der Waals surface area contributed by atoms with Crippen LogP contribution in [0.25, 0.3) is 0 Å². The summed E-state index contributed by atoms with van der Waals surface area (Å²) in [6.45, 7) is 1.74. The highest BCUT2D eigenvalue weighted by molar-refractivity contribution is 7.91. The Morgan fingerprint density at radius 3 is 2.06 bits per heavy atom. The summed E-state index contributed by atoms with van der Waals surface area (Å²) in [6.07, 6.45) is 0. The largest absolute Gasteiger partial charge is 0.322 e. The third kappa shape index (κ3) is 5.24. The summed E-state index contributed by atoms with van der Waals surface area (Å²) in [6, 6.07) is 21.0.